The van der Waals surface area contributed by atoms with E-state index in [0.29, 0.717) is 42.7 Å². The molecule has 0 unspecified atom stereocenters. The second-order valence-electron chi connectivity index (χ2n) is 19.5. The second kappa shape index (κ2) is 25.6. The Bertz CT molecular complexity index is 1910. The number of unbranched alkanes of at least 4 members (excludes halogenated alkanes) is 4. The fourth-order valence-corrected chi connectivity index (χ4v) is 5.92. The van der Waals surface area contributed by atoms with Gasteiger partial charge in [0.05, 0.1) is 0 Å². The van der Waals surface area contributed by atoms with Crippen molar-refractivity contribution in [3.05, 3.63) is 59.7 Å². The Kier molecular flexibility index (Phi) is 21.8. The molecule has 65 heavy (non-hydrogen) atoms. The van der Waals surface area contributed by atoms with Crippen LogP contribution in [0.2, 0.25) is 0 Å². The van der Waals surface area contributed by atoms with Crippen LogP contribution in [-0.4, -0.2) is 83.0 Å². The molecular formula is C47H72N8O9S. The van der Waals surface area contributed by atoms with Crippen LogP contribution in [0, 0.1) is 0 Å². The molecule has 1 atom stereocenters. The minimum atomic E-state index is -0.945. The summed E-state index contributed by atoms with van der Waals surface area (Å²) >= 11 is 5.33. The quantitative estimate of drug-likeness (QED) is 0.0261. The monoisotopic (exact) mass is 925 g/mol. The van der Waals surface area contributed by atoms with E-state index in [1.165, 1.54) is 0 Å². The minimum Gasteiger partial charge on any atom is -0.444 e. The number of ether oxygens (including phenoxy) is 3. The van der Waals surface area contributed by atoms with Crippen molar-refractivity contribution in [2.75, 3.05) is 23.7 Å². The van der Waals surface area contributed by atoms with E-state index < -0.39 is 47.0 Å². The maximum absolute atomic E-state index is 13.2. The minimum absolute atomic E-state index is 0.0180. The Morgan fingerprint density at radius 2 is 1.09 bits per heavy atom. The molecule has 6 amide bonds. The summed E-state index contributed by atoms with van der Waals surface area (Å²) in [6, 6.07) is 13.5. The van der Waals surface area contributed by atoms with Gasteiger partial charge in [0.25, 0.3) is 5.91 Å². The molecule has 0 fully saturated rings. The Hall–Kier alpha value is -5.78. The smallest absolute Gasteiger partial charge is 0.414 e. The molecule has 0 saturated heterocycles. The fraction of sp³-hybridized carbons (Fsp3) is 0.574. The molecule has 7 N–H and O–H groups in total. The molecule has 0 spiro atoms. The zero-order chi connectivity index (χ0) is 49.0. The predicted octanol–water partition coefficient (Wildman–Crippen LogP) is 8.59. The SMILES string of the molecule is CC(C)(C)OC(=O)NC(=NCCC[C@H](NC(=O)OC(C)(C)C)C(=O)NCCCCCCCC(=O)Nc1ccc(NC(=S)NC(=O)c2ccc(C(C)(C)C)cc2)cc1)NC(=O)OC(C)(C)C. The lowest BCUT2D eigenvalue weighted by molar-refractivity contribution is -0.123. The molecule has 0 heterocycles. The third kappa shape index (κ3) is 25.3. The van der Waals surface area contributed by atoms with Crippen LogP contribution >= 0.6 is 12.2 Å². The van der Waals surface area contributed by atoms with Gasteiger partial charge in [-0.2, -0.15) is 0 Å². The average Bonchev–Trinajstić information content (AvgIpc) is 3.15. The number of rotatable bonds is 17. The van der Waals surface area contributed by atoms with Crippen LogP contribution in [0.5, 0.6) is 0 Å². The summed E-state index contributed by atoms with van der Waals surface area (Å²) in [6.45, 7) is 22.1. The number of nitrogens with zero attached hydrogens (tertiary/aromatic N) is 1. The summed E-state index contributed by atoms with van der Waals surface area (Å²) in [5.41, 5.74) is 0.512. The molecule has 0 aromatic heterocycles. The number of benzene rings is 2. The number of alkyl carbamates (subject to hydrolysis) is 3. The third-order valence-electron chi connectivity index (χ3n) is 8.71. The van der Waals surface area contributed by atoms with Crippen LogP contribution in [0.3, 0.4) is 0 Å². The highest BCUT2D eigenvalue weighted by molar-refractivity contribution is 7.80. The molecule has 0 bridgehead atoms. The number of aliphatic imine (C=N–C) groups is 1. The van der Waals surface area contributed by atoms with E-state index >= 15 is 0 Å². The molecular weight excluding hydrogens is 853 g/mol. The maximum atomic E-state index is 13.2. The van der Waals surface area contributed by atoms with E-state index in [-0.39, 0.29) is 47.7 Å². The van der Waals surface area contributed by atoms with Gasteiger partial charge in [-0.25, -0.2) is 14.4 Å². The summed E-state index contributed by atoms with van der Waals surface area (Å²) in [7, 11) is 0. The van der Waals surface area contributed by atoms with Gasteiger partial charge in [-0.15, -0.1) is 0 Å². The van der Waals surface area contributed by atoms with Crippen LogP contribution in [0.1, 0.15) is 150 Å². The largest absolute Gasteiger partial charge is 0.444 e. The van der Waals surface area contributed by atoms with Crippen molar-refractivity contribution in [2.45, 2.75) is 163 Å². The number of carbonyl (C=O) groups is 6. The number of hydrogen-bond donors (Lipinski definition) is 7. The normalized spacial score (nSPS) is 12.1. The van der Waals surface area contributed by atoms with Crippen molar-refractivity contribution in [3.8, 4) is 0 Å². The number of amides is 6. The standard InChI is InChI=1S/C47H72N8O9S/c1-44(2,3)32-23-21-31(22-24-32)37(57)53-40(65)51-34-27-25-33(26-28-34)50-36(56)20-16-14-13-15-17-29-48-38(58)35(52-41(59)62-45(4,5)6)19-18-30-49-39(54-42(60)63-46(7,8)9)55-43(61)64-47(10,11)12/h21-28,35H,13-20,29-30H2,1-12H3,(H,48,58)(H,50,56)(H,52,59)(H2,51,53,57,65)(H2,49,54,55,60,61)/t35-/m0/s1. The van der Waals surface area contributed by atoms with Crippen molar-refractivity contribution in [2.24, 2.45) is 4.99 Å². The first-order valence-corrected chi connectivity index (χ1v) is 22.4. The Morgan fingerprint density at radius 3 is 1.62 bits per heavy atom. The number of nitrogens with one attached hydrogen (secondary N) is 7. The second-order valence-corrected chi connectivity index (χ2v) is 19.9. The summed E-state index contributed by atoms with van der Waals surface area (Å²) in [6.07, 6.45) is 2.27. The molecule has 17 nitrogen and oxygen atoms in total. The molecule has 2 rings (SSSR count). The van der Waals surface area contributed by atoms with E-state index in [4.69, 9.17) is 26.4 Å². The van der Waals surface area contributed by atoms with E-state index in [1.807, 2.05) is 12.1 Å². The zero-order valence-corrected chi connectivity index (χ0v) is 41.1. The van der Waals surface area contributed by atoms with Crippen LogP contribution in [0.4, 0.5) is 25.8 Å². The lowest BCUT2D eigenvalue weighted by Gasteiger charge is -2.23. The van der Waals surface area contributed by atoms with Crippen LogP contribution in [0.15, 0.2) is 53.5 Å². The molecule has 2 aromatic carbocycles. The third-order valence-corrected chi connectivity index (χ3v) is 8.92. The molecule has 0 aliphatic rings. The topological polar surface area (TPSA) is 227 Å². The summed E-state index contributed by atoms with van der Waals surface area (Å²) in [5.74, 6) is -1.01. The predicted molar refractivity (Wildman–Crippen MR) is 258 cm³/mol. The van der Waals surface area contributed by atoms with E-state index in [9.17, 15) is 28.8 Å². The first-order valence-electron chi connectivity index (χ1n) is 22.0. The van der Waals surface area contributed by atoms with Gasteiger partial charge in [0.2, 0.25) is 17.8 Å². The molecule has 360 valence electrons. The number of carbonyl (C=O) groups excluding carboxylic acids is 6. The van der Waals surface area contributed by atoms with Crippen molar-refractivity contribution in [3.63, 3.8) is 0 Å². The molecule has 18 heteroatoms. The van der Waals surface area contributed by atoms with E-state index in [0.717, 1.165) is 24.8 Å². The average molecular weight is 925 g/mol. The summed E-state index contributed by atoms with van der Waals surface area (Å²) < 4.78 is 15.9. The van der Waals surface area contributed by atoms with E-state index in [1.54, 1.807) is 98.7 Å². The number of hydrogen-bond acceptors (Lipinski definition) is 11. The Morgan fingerprint density at radius 1 is 0.600 bits per heavy atom. The van der Waals surface area contributed by atoms with Gasteiger partial charge in [0.1, 0.15) is 22.8 Å². The van der Waals surface area contributed by atoms with Crippen molar-refractivity contribution >= 4 is 70.7 Å². The van der Waals surface area contributed by atoms with Gasteiger partial charge in [-0.1, -0.05) is 52.2 Å². The van der Waals surface area contributed by atoms with Gasteiger partial charge in [-0.3, -0.25) is 35.3 Å². The molecule has 0 aliphatic carbocycles. The van der Waals surface area contributed by atoms with Crippen molar-refractivity contribution < 1.29 is 43.0 Å². The lowest BCUT2D eigenvalue weighted by Crippen LogP contribution is -2.48. The maximum Gasteiger partial charge on any atom is 0.414 e. The fourth-order valence-electron chi connectivity index (χ4n) is 5.71. The van der Waals surface area contributed by atoms with Crippen molar-refractivity contribution in [1.29, 1.82) is 0 Å². The zero-order valence-electron chi connectivity index (χ0n) is 40.3. The van der Waals surface area contributed by atoms with Crippen LogP contribution in [0.25, 0.3) is 0 Å². The Balaban J connectivity index is 1.79. The van der Waals surface area contributed by atoms with Gasteiger partial charge < -0.3 is 35.5 Å². The molecule has 0 aliphatic heterocycles. The highest BCUT2D eigenvalue weighted by atomic mass is 32.1. The van der Waals surface area contributed by atoms with Gasteiger partial charge in [-0.05, 0) is 148 Å². The summed E-state index contributed by atoms with van der Waals surface area (Å²) in [5, 5.41) is 19.1. The van der Waals surface area contributed by atoms with Crippen LogP contribution < -0.4 is 37.2 Å². The summed E-state index contributed by atoms with van der Waals surface area (Å²) in [4.78, 5) is 80.3. The highest BCUT2D eigenvalue weighted by Crippen LogP contribution is 2.22. The van der Waals surface area contributed by atoms with Gasteiger partial charge >= 0.3 is 18.3 Å². The first kappa shape index (κ1) is 55.4. The van der Waals surface area contributed by atoms with Gasteiger partial charge in [0, 0.05) is 36.4 Å². The Labute approximate surface area is 390 Å². The number of anilines is 2. The molecule has 0 saturated carbocycles. The van der Waals surface area contributed by atoms with Crippen LogP contribution in [-0.2, 0) is 29.2 Å². The molecule has 0 radical (unpaired) electrons. The van der Waals surface area contributed by atoms with Crippen molar-refractivity contribution in [1.82, 2.24) is 26.6 Å². The first-order chi connectivity index (χ1) is 30.1. The molecule has 2 aromatic rings. The number of thiocarbonyl (C=S) groups is 1. The van der Waals surface area contributed by atoms with Gasteiger partial charge in [0.15, 0.2) is 5.11 Å². The van der Waals surface area contributed by atoms with E-state index in [2.05, 4.69) is 63.0 Å². The number of guanidine groups is 1. The lowest BCUT2D eigenvalue weighted by atomic mass is 9.87. The highest BCUT2D eigenvalue weighted by Gasteiger charge is 2.25.